The first-order valence-corrected chi connectivity index (χ1v) is 10.9. The number of carboxylic acid groups (broad SMARTS) is 1. The van der Waals surface area contributed by atoms with Crippen molar-refractivity contribution in [1.82, 2.24) is 4.90 Å². The van der Waals surface area contributed by atoms with Crippen LogP contribution in [0.4, 0.5) is 5.69 Å². The van der Waals surface area contributed by atoms with Gasteiger partial charge in [-0.15, -0.1) is 0 Å². The van der Waals surface area contributed by atoms with Gasteiger partial charge in [0.25, 0.3) is 5.91 Å². The topological polar surface area (TPSA) is 103 Å². The van der Waals surface area contributed by atoms with Crippen molar-refractivity contribution >= 4 is 46.2 Å². The molecule has 0 unspecified atom stereocenters. The number of hydrogen-bond donors (Lipinski definition) is 1. The Labute approximate surface area is 199 Å². The number of para-hydroxylation sites is 1. The number of aliphatic carboxylic acids is 1. The van der Waals surface area contributed by atoms with Gasteiger partial charge >= 0.3 is 5.97 Å². The minimum absolute atomic E-state index is 0.0234. The first-order chi connectivity index (χ1) is 15.4. The fraction of sp³-hybridized carbons (Fsp3) is 0.261. The lowest BCUT2D eigenvalue weighted by molar-refractivity contribution is -0.139. The number of halogens is 1. The molecule has 1 saturated heterocycles. The number of methoxy groups -OCH3 is 1. The minimum Gasteiger partial charge on any atom is -0.493 e. The fourth-order valence-corrected chi connectivity index (χ4v) is 4.16. The molecule has 32 heavy (non-hydrogen) atoms. The smallest absolute Gasteiger partial charge is 0.341 e. The Morgan fingerprint density at radius 2 is 1.88 bits per heavy atom. The van der Waals surface area contributed by atoms with Crippen molar-refractivity contribution in [2.75, 3.05) is 44.8 Å². The number of piperazine rings is 1. The molecule has 1 aliphatic rings. The van der Waals surface area contributed by atoms with Gasteiger partial charge in [-0.3, -0.25) is 4.79 Å². The van der Waals surface area contributed by atoms with E-state index < -0.39 is 12.6 Å². The summed E-state index contributed by atoms with van der Waals surface area (Å²) in [7, 11) is 1.44. The number of hydrogen-bond acceptors (Lipinski definition) is 6. The Balaban J connectivity index is 1.74. The van der Waals surface area contributed by atoms with Gasteiger partial charge in [0.1, 0.15) is 11.6 Å². The predicted octanol–water partition coefficient (Wildman–Crippen LogP) is 3.02. The Hall–Kier alpha value is -3.26. The molecular weight excluding hydrogens is 525 g/mol. The number of benzene rings is 2. The Bertz CT molecular complexity index is 1060. The van der Waals surface area contributed by atoms with Crippen LogP contribution in [0.15, 0.2) is 48.0 Å². The standard InChI is InChI=1S/C23H22IN3O5/c1-31-20-13-16(12-19(24)22(20)32-15-21(28)29)11-17(14-25)23(30)27-9-7-26(8-10-27)18-5-3-2-4-6-18/h2-6,11-13H,7-10,15H2,1H3,(H,28,29)/b17-11-. The number of nitrogens with zero attached hydrogens (tertiary/aromatic N) is 3. The van der Waals surface area contributed by atoms with Crippen LogP contribution in [0.5, 0.6) is 11.5 Å². The molecule has 1 N–H and O–H groups in total. The van der Waals surface area contributed by atoms with E-state index in [4.69, 9.17) is 14.6 Å². The molecule has 3 rings (SSSR count). The molecule has 0 atom stereocenters. The second-order valence-electron chi connectivity index (χ2n) is 7.00. The van der Waals surface area contributed by atoms with Crippen molar-refractivity contribution in [2.45, 2.75) is 0 Å². The molecular formula is C23H22IN3O5. The van der Waals surface area contributed by atoms with E-state index >= 15 is 0 Å². The number of carboxylic acids is 1. The molecule has 2 aromatic rings. The Morgan fingerprint density at radius 1 is 1.19 bits per heavy atom. The number of nitriles is 1. The third-order valence-corrected chi connectivity index (χ3v) is 5.74. The van der Waals surface area contributed by atoms with Gasteiger partial charge in [-0.25, -0.2) is 4.79 Å². The van der Waals surface area contributed by atoms with E-state index in [0.717, 1.165) is 5.69 Å². The highest BCUT2D eigenvalue weighted by Gasteiger charge is 2.24. The highest BCUT2D eigenvalue weighted by Crippen LogP contribution is 2.34. The van der Waals surface area contributed by atoms with Gasteiger partial charge in [-0.2, -0.15) is 5.26 Å². The monoisotopic (exact) mass is 547 g/mol. The van der Waals surface area contributed by atoms with Crippen LogP contribution >= 0.6 is 22.6 Å². The zero-order valence-corrected chi connectivity index (χ0v) is 19.6. The number of rotatable bonds is 7. The van der Waals surface area contributed by atoms with Crippen molar-refractivity contribution in [2.24, 2.45) is 0 Å². The maximum Gasteiger partial charge on any atom is 0.341 e. The SMILES string of the molecule is COc1cc(/C=C(/C#N)C(=O)N2CCN(c3ccccc3)CC2)cc(I)c1OCC(=O)O. The van der Waals surface area contributed by atoms with Crippen molar-refractivity contribution in [1.29, 1.82) is 5.26 Å². The largest absolute Gasteiger partial charge is 0.493 e. The first kappa shape index (κ1) is 23.4. The maximum atomic E-state index is 13.0. The van der Waals surface area contributed by atoms with Gasteiger partial charge in [0.15, 0.2) is 18.1 Å². The maximum absolute atomic E-state index is 13.0. The number of ether oxygens (including phenoxy) is 2. The average Bonchev–Trinajstić information content (AvgIpc) is 2.81. The van der Waals surface area contributed by atoms with Crippen molar-refractivity contribution in [3.63, 3.8) is 0 Å². The molecule has 1 fully saturated rings. The Morgan fingerprint density at radius 3 is 2.47 bits per heavy atom. The van der Waals surface area contributed by atoms with Gasteiger partial charge in [0.2, 0.25) is 0 Å². The molecule has 1 amide bonds. The molecule has 0 radical (unpaired) electrons. The molecule has 0 bridgehead atoms. The molecule has 0 spiro atoms. The predicted molar refractivity (Wildman–Crippen MR) is 128 cm³/mol. The van der Waals surface area contributed by atoms with Gasteiger partial charge < -0.3 is 24.4 Å². The number of carbonyl (C=O) groups excluding carboxylic acids is 1. The van der Waals surface area contributed by atoms with E-state index in [2.05, 4.69) is 4.90 Å². The summed E-state index contributed by atoms with van der Waals surface area (Å²) < 4.78 is 11.2. The molecule has 8 nitrogen and oxygen atoms in total. The highest BCUT2D eigenvalue weighted by atomic mass is 127. The molecule has 0 saturated carbocycles. The second-order valence-corrected chi connectivity index (χ2v) is 8.16. The van der Waals surface area contributed by atoms with Gasteiger partial charge in [0.05, 0.1) is 10.7 Å². The van der Waals surface area contributed by atoms with E-state index in [1.165, 1.54) is 13.2 Å². The average molecular weight is 547 g/mol. The van der Waals surface area contributed by atoms with Crippen LogP contribution in [0.2, 0.25) is 0 Å². The summed E-state index contributed by atoms with van der Waals surface area (Å²) in [5.74, 6) is -0.794. The third kappa shape index (κ3) is 5.70. The van der Waals surface area contributed by atoms with Crippen molar-refractivity contribution < 1.29 is 24.2 Å². The summed E-state index contributed by atoms with van der Waals surface area (Å²) in [6.07, 6.45) is 1.51. The quantitative estimate of drug-likeness (QED) is 0.323. The molecule has 9 heteroatoms. The third-order valence-electron chi connectivity index (χ3n) is 4.94. The molecule has 0 aromatic heterocycles. The fourth-order valence-electron chi connectivity index (χ4n) is 3.38. The van der Waals surface area contributed by atoms with Crippen LogP contribution < -0.4 is 14.4 Å². The van der Waals surface area contributed by atoms with Gasteiger partial charge in [-0.1, -0.05) is 18.2 Å². The van der Waals surface area contributed by atoms with Gasteiger partial charge in [0, 0.05) is 31.9 Å². The van der Waals surface area contributed by atoms with E-state index in [9.17, 15) is 14.9 Å². The van der Waals surface area contributed by atoms with Crippen LogP contribution in [0.3, 0.4) is 0 Å². The summed E-state index contributed by atoms with van der Waals surface area (Å²) in [4.78, 5) is 27.6. The molecule has 0 aliphatic carbocycles. The summed E-state index contributed by atoms with van der Waals surface area (Å²) in [5, 5.41) is 18.5. The molecule has 166 valence electrons. The molecule has 1 aliphatic heterocycles. The zero-order valence-electron chi connectivity index (χ0n) is 17.5. The number of amides is 1. The minimum atomic E-state index is -1.10. The van der Waals surface area contributed by atoms with Crippen LogP contribution in [-0.4, -0.2) is 61.8 Å². The van der Waals surface area contributed by atoms with E-state index in [1.54, 1.807) is 17.0 Å². The lowest BCUT2D eigenvalue weighted by atomic mass is 10.1. The Kier molecular flexibility index (Phi) is 7.94. The van der Waals surface area contributed by atoms with Crippen molar-refractivity contribution in [3.05, 3.63) is 57.2 Å². The summed E-state index contributed by atoms with van der Waals surface area (Å²) in [6, 6.07) is 15.3. The number of carbonyl (C=O) groups is 2. The molecule has 1 heterocycles. The summed E-state index contributed by atoms with van der Waals surface area (Å²) in [6.45, 7) is 1.93. The lowest BCUT2D eigenvalue weighted by Gasteiger charge is -2.36. The van der Waals surface area contributed by atoms with Crippen LogP contribution in [0.1, 0.15) is 5.56 Å². The van der Waals surface area contributed by atoms with Crippen molar-refractivity contribution in [3.8, 4) is 17.6 Å². The first-order valence-electron chi connectivity index (χ1n) is 9.86. The summed E-state index contributed by atoms with van der Waals surface area (Å²) in [5.41, 5.74) is 1.72. The second kappa shape index (κ2) is 10.9. The summed E-state index contributed by atoms with van der Waals surface area (Å²) >= 11 is 2.00. The molecule has 2 aromatic carbocycles. The number of anilines is 1. The lowest BCUT2D eigenvalue weighted by Crippen LogP contribution is -2.49. The van der Waals surface area contributed by atoms with E-state index in [1.807, 2.05) is 59.0 Å². The van der Waals surface area contributed by atoms with E-state index in [0.29, 0.717) is 46.8 Å². The van der Waals surface area contributed by atoms with Gasteiger partial charge in [-0.05, 0) is 58.5 Å². The van der Waals surface area contributed by atoms with Crippen LogP contribution in [-0.2, 0) is 9.59 Å². The van der Waals surface area contributed by atoms with Crippen LogP contribution in [0, 0.1) is 14.9 Å². The van der Waals surface area contributed by atoms with Crippen LogP contribution in [0.25, 0.3) is 6.08 Å². The normalized spacial score (nSPS) is 14.0. The van der Waals surface area contributed by atoms with E-state index in [-0.39, 0.29) is 11.5 Å². The zero-order chi connectivity index (χ0) is 23.1. The highest BCUT2D eigenvalue weighted by molar-refractivity contribution is 14.1.